The van der Waals surface area contributed by atoms with Gasteiger partial charge in [-0.3, -0.25) is 14.9 Å². The number of hydrogen-bond donors (Lipinski definition) is 2. The van der Waals surface area contributed by atoms with Gasteiger partial charge in [0, 0.05) is 12.6 Å². The second kappa shape index (κ2) is 6.00. The fourth-order valence-electron chi connectivity index (χ4n) is 1.73. The third kappa shape index (κ3) is 3.53. The molecule has 0 unspecified atom stereocenters. The molecule has 0 aliphatic carbocycles. The Morgan fingerprint density at radius 1 is 1.38 bits per heavy atom. The van der Waals surface area contributed by atoms with Crippen LogP contribution < -0.4 is 11.1 Å². The summed E-state index contributed by atoms with van der Waals surface area (Å²) in [6, 6.07) is 8.78. The number of pyridine rings is 1. The van der Waals surface area contributed by atoms with E-state index in [9.17, 15) is 14.9 Å². The van der Waals surface area contributed by atoms with E-state index >= 15 is 0 Å². The minimum absolute atomic E-state index is 0.00342. The van der Waals surface area contributed by atoms with Gasteiger partial charge in [-0.15, -0.1) is 0 Å². The van der Waals surface area contributed by atoms with Crippen LogP contribution in [0.3, 0.4) is 0 Å². The Bertz CT molecular complexity index is 683. The molecule has 1 aromatic heterocycles. The number of carbonyl (C=O) groups excluding carboxylic acids is 1. The van der Waals surface area contributed by atoms with Gasteiger partial charge in [0.25, 0.3) is 11.6 Å². The SMILES string of the molecule is Cc1ccc(CNC(=O)c2cc([N+](=O)[O-])cnc2N)cc1. The molecule has 7 heteroatoms. The number of aromatic nitrogens is 1. The molecule has 0 fully saturated rings. The fourth-order valence-corrected chi connectivity index (χ4v) is 1.73. The zero-order chi connectivity index (χ0) is 15.4. The number of rotatable bonds is 4. The van der Waals surface area contributed by atoms with Crippen molar-refractivity contribution in [2.24, 2.45) is 0 Å². The first-order chi connectivity index (χ1) is 9.97. The molecule has 0 atom stereocenters. The first kappa shape index (κ1) is 14.4. The van der Waals surface area contributed by atoms with Gasteiger partial charge in [-0.25, -0.2) is 4.98 Å². The van der Waals surface area contributed by atoms with Crippen molar-refractivity contribution < 1.29 is 9.72 Å². The molecular weight excluding hydrogens is 272 g/mol. The highest BCUT2D eigenvalue weighted by molar-refractivity contribution is 5.98. The average Bonchev–Trinajstić information content (AvgIpc) is 2.46. The zero-order valence-electron chi connectivity index (χ0n) is 11.4. The van der Waals surface area contributed by atoms with Crippen molar-refractivity contribution >= 4 is 17.4 Å². The van der Waals surface area contributed by atoms with Crippen LogP contribution in [-0.2, 0) is 6.54 Å². The minimum atomic E-state index is -0.622. The van der Waals surface area contributed by atoms with Gasteiger partial charge >= 0.3 is 0 Å². The maximum atomic E-state index is 12.0. The third-order valence-electron chi connectivity index (χ3n) is 2.93. The number of nitrogens with one attached hydrogen (secondary N) is 1. The fraction of sp³-hybridized carbons (Fsp3) is 0.143. The number of hydrogen-bond acceptors (Lipinski definition) is 5. The molecule has 0 spiro atoms. The summed E-state index contributed by atoms with van der Waals surface area (Å²) in [7, 11) is 0. The van der Waals surface area contributed by atoms with Crippen LogP contribution >= 0.6 is 0 Å². The number of carbonyl (C=O) groups is 1. The topological polar surface area (TPSA) is 111 Å². The van der Waals surface area contributed by atoms with Crippen molar-refractivity contribution in [1.82, 2.24) is 10.3 Å². The van der Waals surface area contributed by atoms with E-state index in [1.807, 2.05) is 31.2 Å². The highest BCUT2D eigenvalue weighted by atomic mass is 16.6. The van der Waals surface area contributed by atoms with Crippen molar-refractivity contribution in [3.8, 4) is 0 Å². The maximum absolute atomic E-state index is 12.0. The summed E-state index contributed by atoms with van der Waals surface area (Å²) in [5.74, 6) is -0.536. The normalized spacial score (nSPS) is 10.1. The first-order valence-corrected chi connectivity index (χ1v) is 6.21. The first-order valence-electron chi connectivity index (χ1n) is 6.21. The summed E-state index contributed by atoms with van der Waals surface area (Å²) in [6.07, 6.45) is 1.02. The van der Waals surface area contributed by atoms with E-state index < -0.39 is 10.8 Å². The number of nitro groups is 1. The van der Waals surface area contributed by atoms with E-state index in [2.05, 4.69) is 10.3 Å². The number of nitrogen functional groups attached to an aromatic ring is 1. The Labute approximate surface area is 121 Å². The van der Waals surface area contributed by atoms with E-state index in [-0.39, 0.29) is 17.1 Å². The minimum Gasteiger partial charge on any atom is -0.383 e. The maximum Gasteiger partial charge on any atom is 0.288 e. The Balaban J connectivity index is 2.11. The largest absolute Gasteiger partial charge is 0.383 e. The van der Waals surface area contributed by atoms with Crippen LogP contribution in [0, 0.1) is 17.0 Å². The van der Waals surface area contributed by atoms with Crippen LogP contribution in [0.25, 0.3) is 0 Å². The Kier molecular flexibility index (Phi) is 4.13. The predicted molar refractivity (Wildman–Crippen MR) is 77.7 cm³/mol. The smallest absolute Gasteiger partial charge is 0.288 e. The van der Waals surface area contributed by atoms with Crippen molar-refractivity contribution in [2.75, 3.05) is 5.73 Å². The molecule has 7 nitrogen and oxygen atoms in total. The Morgan fingerprint density at radius 3 is 2.67 bits per heavy atom. The number of amides is 1. The summed E-state index contributed by atoms with van der Waals surface area (Å²) in [4.78, 5) is 25.8. The second-order valence-electron chi connectivity index (χ2n) is 4.55. The molecule has 3 N–H and O–H groups in total. The van der Waals surface area contributed by atoms with Gasteiger partial charge in [0.15, 0.2) is 0 Å². The quantitative estimate of drug-likeness (QED) is 0.657. The molecule has 0 saturated heterocycles. The van der Waals surface area contributed by atoms with E-state index in [1.165, 1.54) is 0 Å². The van der Waals surface area contributed by atoms with Gasteiger partial charge in [0.05, 0.1) is 10.5 Å². The lowest BCUT2D eigenvalue weighted by atomic mass is 10.1. The Hall–Kier alpha value is -2.96. The van der Waals surface area contributed by atoms with E-state index in [4.69, 9.17) is 5.73 Å². The van der Waals surface area contributed by atoms with Gasteiger partial charge in [-0.05, 0) is 12.5 Å². The number of aryl methyl sites for hydroxylation is 1. The van der Waals surface area contributed by atoms with Crippen molar-refractivity contribution in [2.45, 2.75) is 13.5 Å². The molecular formula is C14H14N4O3. The summed E-state index contributed by atoms with van der Waals surface area (Å²) in [6.45, 7) is 2.28. The summed E-state index contributed by atoms with van der Waals surface area (Å²) in [5, 5.41) is 13.4. The van der Waals surface area contributed by atoms with E-state index in [1.54, 1.807) is 0 Å². The van der Waals surface area contributed by atoms with Gasteiger partial charge in [-0.2, -0.15) is 0 Å². The number of benzene rings is 1. The Morgan fingerprint density at radius 2 is 2.05 bits per heavy atom. The number of nitrogens with zero attached hydrogens (tertiary/aromatic N) is 2. The summed E-state index contributed by atoms with van der Waals surface area (Å²) in [5.41, 5.74) is 7.35. The third-order valence-corrected chi connectivity index (χ3v) is 2.93. The molecule has 108 valence electrons. The van der Waals surface area contributed by atoms with Crippen molar-refractivity contribution in [3.05, 3.63) is 63.3 Å². The van der Waals surface area contributed by atoms with E-state index in [0.717, 1.165) is 23.4 Å². The zero-order valence-corrected chi connectivity index (χ0v) is 11.4. The highest BCUT2D eigenvalue weighted by Crippen LogP contribution is 2.16. The molecule has 0 saturated carbocycles. The molecule has 21 heavy (non-hydrogen) atoms. The molecule has 1 amide bonds. The number of anilines is 1. The van der Waals surface area contributed by atoms with Crippen LogP contribution in [-0.4, -0.2) is 15.8 Å². The second-order valence-corrected chi connectivity index (χ2v) is 4.55. The molecule has 2 aromatic rings. The lowest BCUT2D eigenvalue weighted by Crippen LogP contribution is -2.24. The molecule has 0 aliphatic heterocycles. The molecule has 1 aromatic carbocycles. The van der Waals surface area contributed by atoms with Crippen LogP contribution in [0.1, 0.15) is 21.5 Å². The molecule has 2 rings (SSSR count). The lowest BCUT2D eigenvalue weighted by molar-refractivity contribution is -0.385. The standard InChI is InChI=1S/C14H14N4O3/c1-9-2-4-10(5-3-9)7-17-14(19)12-6-11(18(20)21)8-16-13(12)15/h2-6,8H,7H2,1H3,(H2,15,16)(H,17,19). The van der Waals surface area contributed by atoms with Crippen molar-refractivity contribution in [1.29, 1.82) is 0 Å². The summed E-state index contributed by atoms with van der Waals surface area (Å²) < 4.78 is 0. The number of nitrogens with two attached hydrogens (primary N) is 1. The summed E-state index contributed by atoms with van der Waals surface area (Å²) >= 11 is 0. The van der Waals surface area contributed by atoms with Crippen LogP contribution in [0.4, 0.5) is 11.5 Å². The molecule has 0 aliphatic rings. The van der Waals surface area contributed by atoms with Crippen LogP contribution in [0.2, 0.25) is 0 Å². The van der Waals surface area contributed by atoms with Gasteiger partial charge in [0.1, 0.15) is 12.0 Å². The molecule has 1 heterocycles. The van der Waals surface area contributed by atoms with Gasteiger partial charge in [0.2, 0.25) is 0 Å². The van der Waals surface area contributed by atoms with Gasteiger partial charge in [-0.1, -0.05) is 29.8 Å². The van der Waals surface area contributed by atoms with Gasteiger partial charge < -0.3 is 11.1 Å². The van der Waals surface area contributed by atoms with Crippen LogP contribution in [0.5, 0.6) is 0 Å². The lowest BCUT2D eigenvalue weighted by Gasteiger charge is -2.07. The van der Waals surface area contributed by atoms with Crippen LogP contribution in [0.15, 0.2) is 36.5 Å². The predicted octanol–water partition coefficient (Wildman–Crippen LogP) is 1.81. The molecule has 0 radical (unpaired) electrons. The average molecular weight is 286 g/mol. The van der Waals surface area contributed by atoms with Crippen molar-refractivity contribution in [3.63, 3.8) is 0 Å². The van der Waals surface area contributed by atoms with E-state index in [0.29, 0.717) is 6.54 Å². The molecule has 0 bridgehead atoms. The highest BCUT2D eigenvalue weighted by Gasteiger charge is 2.16. The monoisotopic (exact) mass is 286 g/mol.